The molecular formula is C12H16N2S. The van der Waals surface area contributed by atoms with Crippen molar-refractivity contribution in [3.63, 3.8) is 0 Å². The minimum absolute atomic E-state index is 1.05. The molecule has 0 saturated heterocycles. The van der Waals surface area contributed by atoms with Gasteiger partial charge in [0.05, 0.1) is 5.03 Å². The lowest BCUT2D eigenvalue weighted by Gasteiger charge is -1.99. The highest BCUT2D eigenvalue weighted by atomic mass is 32.2. The number of para-hydroxylation sites is 1. The van der Waals surface area contributed by atoms with Crippen molar-refractivity contribution in [3.8, 4) is 0 Å². The third-order valence-electron chi connectivity index (χ3n) is 2.29. The van der Waals surface area contributed by atoms with Gasteiger partial charge in [0.25, 0.3) is 0 Å². The summed E-state index contributed by atoms with van der Waals surface area (Å²) in [6, 6.07) is 10.6. The van der Waals surface area contributed by atoms with Crippen molar-refractivity contribution in [3.05, 3.63) is 30.3 Å². The van der Waals surface area contributed by atoms with Crippen LogP contribution in [0.1, 0.15) is 6.92 Å². The largest absolute Gasteiger partial charge is 0.350 e. The smallest absolute Gasteiger partial charge is 0.0732 e. The Morgan fingerprint density at radius 1 is 1.33 bits per heavy atom. The molecule has 0 saturated carbocycles. The number of hydrogen-bond donors (Lipinski definition) is 2. The van der Waals surface area contributed by atoms with E-state index in [1.54, 1.807) is 0 Å². The Bertz CT molecular complexity index is 389. The number of benzene rings is 1. The summed E-state index contributed by atoms with van der Waals surface area (Å²) in [5, 5.41) is 5.87. The van der Waals surface area contributed by atoms with Crippen molar-refractivity contribution >= 4 is 22.7 Å². The number of H-pyrrole nitrogens is 1. The predicted octanol–water partition coefficient (Wildman–Crippen LogP) is 2.87. The SMILES string of the molecule is CCNCCSc1cc2ccccc2[nH]1. The molecule has 1 aromatic carbocycles. The molecule has 0 spiro atoms. The summed E-state index contributed by atoms with van der Waals surface area (Å²) in [7, 11) is 0. The Morgan fingerprint density at radius 2 is 2.20 bits per heavy atom. The lowest BCUT2D eigenvalue weighted by atomic mass is 10.3. The van der Waals surface area contributed by atoms with Crippen LogP contribution in [0.5, 0.6) is 0 Å². The number of hydrogen-bond acceptors (Lipinski definition) is 2. The van der Waals surface area contributed by atoms with Gasteiger partial charge in [0.15, 0.2) is 0 Å². The second-order valence-corrected chi connectivity index (χ2v) is 4.56. The van der Waals surface area contributed by atoms with Gasteiger partial charge in [-0.1, -0.05) is 25.1 Å². The molecule has 15 heavy (non-hydrogen) atoms. The first-order valence-corrected chi connectivity index (χ1v) is 6.30. The van der Waals surface area contributed by atoms with Gasteiger partial charge < -0.3 is 10.3 Å². The highest BCUT2D eigenvalue weighted by Crippen LogP contribution is 2.22. The van der Waals surface area contributed by atoms with Gasteiger partial charge in [0.1, 0.15) is 0 Å². The van der Waals surface area contributed by atoms with Gasteiger partial charge in [-0.05, 0) is 18.7 Å². The molecule has 0 unspecified atom stereocenters. The lowest BCUT2D eigenvalue weighted by molar-refractivity contribution is 0.768. The van der Waals surface area contributed by atoms with Gasteiger partial charge in [-0.15, -0.1) is 11.8 Å². The topological polar surface area (TPSA) is 27.8 Å². The van der Waals surface area contributed by atoms with Gasteiger partial charge in [-0.2, -0.15) is 0 Å². The Labute approximate surface area is 94.5 Å². The summed E-state index contributed by atoms with van der Waals surface area (Å²) in [5.74, 6) is 1.11. The Morgan fingerprint density at radius 3 is 3.00 bits per heavy atom. The van der Waals surface area contributed by atoms with E-state index < -0.39 is 0 Å². The molecule has 1 heterocycles. The Balaban J connectivity index is 1.97. The van der Waals surface area contributed by atoms with Gasteiger partial charge >= 0.3 is 0 Å². The monoisotopic (exact) mass is 220 g/mol. The molecule has 80 valence electrons. The average Bonchev–Trinajstić information content (AvgIpc) is 2.67. The van der Waals surface area contributed by atoms with Crippen LogP contribution in [0.2, 0.25) is 0 Å². The van der Waals surface area contributed by atoms with Gasteiger partial charge in [-0.3, -0.25) is 0 Å². The highest BCUT2D eigenvalue weighted by Gasteiger charge is 1.99. The van der Waals surface area contributed by atoms with Crippen molar-refractivity contribution in [2.45, 2.75) is 11.9 Å². The molecule has 2 N–H and O–H groups in total. The molecule has 0 aliphatic carbocycles. The van der Waals surface area contributed by atoms with Crippen molar-refractivity contribution in [2.24, 2.45) is 0 Å². The normalized spacial score (nSPS) is 11.0. The summed E-state index contributed by atoms with van der Waals surface area (Å²) in [4.78, 5) is 3.41. The third-order valence-corrected chi connectivity index (χ3v) is 3.23. The fourth-order valence-corrected chi connectivity index (χ4v) is 2.39. The predicted molar refractivity (Wildman–Crippen MR) is 67.6 cm³/mol. The quantitative estimate of drug-likeness (QED) is 0.599. The van der Waals surface area contributed by atoms with Crippen molar-refractivity contribution in [1.29, 1.82) is 0 Å². The first kappa shape index (κ1) is 10.6. The maximum atomic E-state index is 3.41. The summed E-state index contributed by atoms with van der Waals surface area (Å²) >= 11 is 1.87. The molecule has 3 heteroatoms. The number of rotatable bonds is 5. The molecule has 0 bridgehead atoms. The zero-order valence-corrected chi connectivity index (χ0v) is 9.73. The van der Waals surface area contributed by atoms with Crippen LogP contribution in [0.3, 0.4) is 0 Å². The van der Waals surface area contributed by atoms with Crippen LogP contribution >= 0.6 is 11.8 Å². The Kier molecular flexibility index (Phi) is 3.69. The van der Waals surface area contributed by atoms with E-state index in [9.17, 15) is 0 Å². The van der Waals surface area contributed by atoms with E-state index in [0.29, 0.717) is 0 Å². The van der Waals surface area contributed by atoms with Crippen molar-refractivity contribution in [1.82, 2.24) is 10.3 Å². The van der Waals surface area contributed by atoms with Gasteiger partial charge in [0, 0.05) is 23.2 Å². The van der Waals surface area contributed by atoms with Crippen LogP contribution in [0.4, 0.5) is 0 Å². The molecule has 1 aromatic heterocycles. The van der Waals surface area contributed by atoms with Crippen LogP contribution in [-0.4, -0.2) is 23.8 Å². The van der Waals surface area contributed by atoms with E-state index in [2.05, 4.69) is 47.6 Å². The first-order chi connectivity index (χ1) is 7.40. The van der Waals surface area contributed by atoms with Gasteiger partial charge in [-0.25, -0.2) is 0 Å². The second-order valence-electron chi connectivity index (χ2n) is 3.42. The molecule has 0 amide bonds. The van der Waals surface area contributed by atoms with E-state index in [-0.39, 0.29) is 0 Å². The minimum Gasteiger partial charge on any atom is -0.350 e. The first-order valence-electron chi connectivity index (χ1n) is 5.31. The average molecular weight is 220 g/mol. The molecule has 2 nitrogen and oxygen atoms in total. The maximum absolute atomic E-state index is 3.41. The van der Waals surface area contributed by atoms with Crippen LogP contribution in [0.15, 0.2) is 35.4 Å². The lowest BCUT2D eigenvalue weighted by Crippen LogP contribution is -2.15. The fourth-order valence-electron chi connectivity index (χ4n) is 1.53. The summed E-state index contributed by atoms with van der Waals surface area (Å²) in [5.41, 5.74) is 1.23. The Hall–Kier alpha value is -0.930. The van der Waals surface area contributed by atoms with Crippen LogP contribution < -0.4 is 5.32 Å². The van der Waals surface area contributed by atoms with Crippen molar-refractivity contribution in [2.75, 3.05) is 18.8 Å². The third kappa shape index (κ3) is 2.76. The van der Waals surface area contributed by atoms with Crippen LogP contribution in [-0.2, 0) is 0 Å². The molecule has 0 atom stereocenters. The standard InChI is InChI=1S/C12H16N2S/c1-2-13-7-8-15-12-9-10-5-3-4-6-11(10)14-12/h3-6,9,13-14H,2,7-8H2,1H3. The van der Waals surface area contributed by atoms with Crippen molar-refractivity contribution < 1.29 is 0 Å². The molecule has 0 aliphatic rings. The number of nitrogens with one attached hydrogen (secondary N) is 2. The molecule has 2 aromatic rings. The number of aromatic amines is 1. The highest BCUT2D eigenvalue weighted by molar-refractivity contribution is 7.99. The van der Waals surface area contributed by atoms with E-state index >= 15 is 0 Å². The van der Waals surface area contributed by atoms with E-state index in [1.807, 2.05) is 11.8 Å². The van der Waals surface area contributed by atoms with E-state index in [1.165, 1.54) is 15.9 Å². The summed E-state index contributed by atoms with van der Waals surface area (Å²) in [6.07, 6.45) is 0. The minimum atomic E-state index is 1.05. The zero-order chi connectivity index (χ0) is 10.5. The molecule has 0 radical (unpaired) electrons. The zero-order valence-electron chi connectivity index (χ0n) is 8.92. The summed E-state index contributed by atoms with van der Waals surface area (Å²) in [6.45, 7) is 4.25. The molecular weight excluding hydrogens is 204 g/mol. The van der Waals surface area contributed by atoms with Crippen LogP contribution in [0.25, 0.3) is 10.9 Å². The van der Waals surface area contributed by atoms with E-state index in [0.717, 1.165) is 18.8 Å². The molecule has 0 fully saturated rings. The van der Waals surface area contributed by atoms with Crippen LogP contribution in [0, 0.1) is 0 Å². The number of thioether (sulfide) groups is 1. The van der Waals surface area contributed by atoms with Gasteiger partial charge in [0.2, 0.25) is 0 Å². The molecule has 0 aliphatic heterocycles. The molecule has 2 rings (SSSR count). The fraction of sp³-hybridized carbons (Fsp3) is 0.333. The summed E-state index contributed by atoms with van der Waals surface area (Å²) < 4.78 is 0. The van der Waals surface area contributed by atoms with E-state index in [4.69, 9.17) is 0 Å². The number of fused-ring (bicyclic) bond motifs is 1. The number of aromatic nitrogens is 1. The maximum Gasteiger partial charge on any atom is 0.0732 e. The second kappa shape index (κ2) is 5.24.